The lowest BCUT2D eigenvalue weighted by molar-refractivity contribution is -0.139. The zero-order valence-electron chi connectivity index (χ0n) is 19.1. The maximum Gasteiger partial charge on any atom is 0.246 e. The van der Waals surface area contributed by atoms with E-state index in [4.69, 9.17) is 18.9 Å². The Morgan fingerprint density at radius 3 is 1.56 bits per heavy atom. The van der Waals surface area contributed by atoms with Crippen molar-refractivity contribution in [3.63, 3.8) is 0 Å². The van der Waals surface area contributed by atoms with Crippen molar-refractivity contribution in [2.24, 2.45) is 0 Å². The first-order valence-corrected chi connectivity index (χ1v) is 11.2. The van der Waals surface area contributed by atoms with Crippen LogP contribution < -0.4 is 18.9 Å². The molecule has 1 saturated heterocycles. The molecule has 8 nitrogen and oxygen atoms in total. The van der Waals surface area contributed by atoms with E-state index in [0.29, 0.717) is 36.1 Å². The Kier molecular flexibility index (Phi) is 5.88. The molecule has 1 fully saturated rings. The van der Waals surface area contributed by atoms with Gasteiger partial charge < -0.3 is 28.7 Å². The third-order valence-electron chi connectivity index (χ3n) is 6.18. The van der Waals surface area contributed by atoms with Gasteiger partial charge in [0.05, 0.1) is 0 Å². The molecule has 0 saturated carbocycles. The molecule has 3 aliphatic rings. The van der Waals surface area contributed by atoms with Crippen LogP contribution in [-0.2, 0) is 9.59 Å². The molecular weight excluding hydrogens is 436 g/mol. The highest BCUT2D eigenvalue weighted by Crippen LogP contribution is 2.33. The van der Waals surface area contributed by atoms with Crippen LogP contribution in [0.5, 0.6) is 23.0 Å². The van der Waals surface area contributed by atoms with E-state index >= 15 is 0 Å². The lowest BCUT2D eigenvalue weighted by Gasteiger charge is -2.43. The third-order valence-corrected chi connectivity index (χ3v) is 6.18. The fourth-order valence-electron chi connectivity index (χ4n) is 4.30. The summed E-state index contributed by atoms with van der Waals surface area (Å²) in [5, 5.41) is 0. The van der Waals surface area contributed by atoms with Crippen molar-refractivity contribution in [2.45, 2.75) is 25.9 Å². The first-order valence-electron chi connectivity index (χ1n) is 11.2. The fraction of sp³-hybridized carbons (Fsp3) is 0.308. The molecule has 2 atom stereocenters. The predicted molar refractivity (Wildman–Crippen MR) is 126 cm³/mol. The van der Waals surface area contributed by atoms with Gasteiger partial charge in [0.25, 0.3) is 0 Å². The highest BCUT2D eigenvalue weighted by Gasteiger charge is 2.32. The van der Waals surface area contributed by atoms with E-state index < -0.39 is 0 Å². The Morgan fingerprint density at radius 1 is 0.706 bits per heavy atom. The molecule has 34 heavy (non-hydrogen) atoms. The number of benzene rings is 2. The molecule has 0 N–H and O–H groups in total. The summed E-state index contributed by atoms with van der Waals surface area (Å²) in [6.45, 7) is 5.28. The molecule has 176 valence electrons. The summed E-state index contributed by atoms with van der Waals surface area (Å²) in [5.41, 5.74) is 1.72. The molecular formula is C26H26N2O6. The van der Waals surface area contributed by atoms with Crippen molar-refractivity contribution < 1.29 is 28.5 Å². The summed E-state index contributed by atoms with van der Waals surface area (Å²) in [6, 6.07) is 10.9. The monoisotopic (exact) mass is 462 g/mol. The minimum atomic E-state index is -0.104. The molecule has 3 heterocycles. The lowest BCUT2D eigenvalue weighted by atomic mass is 10.1. The van der Waals surface area contributed by atoms with Crippen LogP contribution in [0.25, 0.3) is 12.2 Å². The minimum absolute atomic E-state index is 0.0833. The first kappa shape index (κ1) is 21.9. The summed E-state index contributed by atoms with van der Waals surface area (Å²) < 4.78 is 21.4. The molecule has 2 aromatic rings. The second-order valence-corrected chi connectivity index (χ2v) is 8.57. The van der Waals surface area contributed by atoms with Gasteiger partial charge in [-0.2, -0.15) is 0 Å². The molecule has 0 aliphatic carbocycles. The van der Waals surface area contributed by atoms with Gasteiger partial charge in [-0.3, -0.25) is 9.59 Å². The lowest BCUT2D eigenvalue weighted by Crippen LogP contribution is -2.59. The van der Waals surface area contributed by atoms with Crippen LogP contribution >= 0.6 is 0 Å². The SMILES string of the molecule is C[C@@H]1CN(C(=O)/C=C\c2ccc3c(c2)OCO3)[C@H](C)CN1C(=O)/C=C\c1ccc2c(c1)OCO2. The summed E-state index contributed by atoms with van der Waals surface area (Å²) in [7, 11) is 0. The summed E-state index contributed by atoms with van der Waals surface area (Å²) in [4.78, 5) is 29.4. The molecule has 2 aromatic carbocycles. The quantitative estimate of drug-likeness (QED) is 0.649. The van der Waals surface area contributed by atoms with Gasteiger partial charge in [0.15, 0.2) is 23.0 Å². The standard InChI is InChI=1S/C26H26N2O6/c1-17-13-28(26(30)10-6-20-4-8-22-24(12-20)34-16-32-22)18(2)14-27(17)25(29)9-5-19-3-7-21-23(11-19)33-15-31-21/h3-12,17-18H,13-16H2,1-2H3/b9-5-,10-6-/t17-,18-/m1/s1. The maximum absolute atomic E-state index is 12.9. The molecule has 8 heteroatoms. The number of carbonyl (C=O) groups is 2. The number of fused-ring (bicyclic) bond motifs is 2. The van der Waals surface area contributed by atoms with E-state index in [9.17, 15) is 9.59 Å². The van der Waals surface area contributed by atoms with Gasteiger partial charge in [-0.1, -0.05) is 12.1 Å². The van der Waals surface area contributed by atoms with Crippen LogP contribution in [0.4, 0.5) is 0 Å². The van der Waals surface area contributed by atoms with Crippen molar-refractivity contribution in [3.8, 4) is 23.0 Å². The molecule has 3 aliphatic heterocycles. The highest BCUT2D eigenvalue weighted by atomic mass is 16.7. The van der Waals surface area contributed by atoms with E-state index in [2.05, 4.69) is 0 Å². The molecule has 2 amide bonds. The van der Waals surface area contributed by atoms with E-state index in [-0.39, 0.29) is 37.5 Å². The second kappa shape index (κ2) is 9.13. The van der Waals surface area contributed by atoms with E-state index in [1.54, 1.807) is 34.1 Å². The number of nitrogens with zero attached hydrogens (tertiary/aromatic N) is 2. The maximum atomic E-state index is 12.9. The van der Waals surface area contributed by atoms with Crippen LogP contribution in [0.3, 0.4) is 0 Å². The van der Waals surface area contributed by atoms with Crippen LogP contribution in [-0.4, -0.2) is 60.4 Å². The topological polar surface area (TPSA) is 77.5 Å². The van der Waals surface area contributed by atoms with Crippen molar-refractivity contribution in [2.75, 3.05) is 26.7 Å². The number of amides is 2. The van der Waals surface area contributed by atoms with E-state index in [1.807, 2.05) is 50.2 Å². The molecule has 0 unspecified atom stereocenters. The van der Waals surface area contributed by atoms with Crippen molar-refractivity contribution in [3.05, 3.63) is 59.7 Å². The molecule has 0 radical (unpaired) electrons. The second-order valence-electron chi connectivity index (χ2n) is 8.57. The molecule has 0 spiro atoms. The first-order chi connectivity index (χ1) is 16.5. The van der Waals surface area contributed by atoms with Crippen LogP contribution in [0.2, 0.25) is 0 Å². The van der Waals surface area contributed by atoms with Crippen LogP contribution in [0.1, 0.15) is 25.0 Å². The fourth-order valence-corrected chi connectivity index (χ4v) is 4.30. The Labute approximate surface area is 197 Å². The zero-order valence-corrected chi connectivity index (χ0v) is 19.1. The highest BCUT2D eigenvalue weighted by molar-refractivity contribution is 5.94. The number of hydrogen-bond donors (Lipinski definition) is 0. The summed E-state index contributed by atoms with van der Waals surface area (Å²) in [5.74, 6) is 2.61. The zero-order chi connectivity index (χ0) is 23.7. The van der Waals surface area contributed by atoms with Gasteiger partial charge in [-0.25, -0.2) is 0 Å². The van der Waals surface area contributed by atoms with Gasteiger partial charge in [0.1, 0.15) is 0 Å². The Hall–Kier alpha value is -3.94. The molecule has 0 aromatic heterocycles. The van der Waals surface area contributed by atoms with Gasteiger partial charge in [-0.05, 0) is 61.4 Å². The average molecular weight is 463 g/mol. The number of ether oxygens (including phenoxy) is 4. The molecule has 5 rings (SSSR count). The normalized spacial score (nSPS) is 21.0. The number of rotatable bonds is 4. The number of piperazine rings is 1. The van der Waals surface area contributed by atoms with E-state index in [1.165, 1.54) is 0 Å². The Balaban J connectivity index is 1.20. The van der Waals surface area contributed by atoms with Gasteiger partial charge in [-0.15, -0.1) is 0 Å². The summed E-state index contributed by atoms with van der Waals surface area (Å²) in [6.07, 6.45) is 6.68. The smallest absolute Gasteiger partial charge is 0.246 e. The van der Waals surface area contributed by atoms with Crippen molar-refractivity contribution in [1.29, 1.82) is 0 Å². The van der Waals surface area contributed by atoms with Crippen molar-refractivity contribution >= 4 is 24.0 Å². The number of carbonyl (C=O) groups excluding carboxylic acids is 2. The summed E-state index contributed by atoms with van der Waals surface area (Å²) >= 11 is 0. The van der Waals surface area contributed by atoms with Crippen molar-refractivity contribution in [1.82, 2.24) is 9.80 Å². The van der Waals surface area contributed by atoms with E-state index in [0.717, 1.165) is 11.1 Å². The third kappa shape index (κ3) is 4.44. The largest absolute Gasteiger partial charge is 0.454 e. The Morgan fingerprint density at radius 2 is 1.12 bits per heavy atom. The Bertz CT molecular complexity index is 1080. The van der Waals surface area contributed by atoms with Crippen LogP contribution in [0, 0.1) is 0 Å². The number of hydrogen-bond acceptors (Lipinski definition) is 6. The van der Waals surface area contributed by atoms with Gasteiger partial charge in [0, 0.05) is 37.3 Å². The minimum Gasteiger partial charge on any atom is -0.454 e. The van der Waals surface area contributed by atoms with Gasteiger partial charge >= 0.3 is 0 Å². The van der Waals surface area contributed by atoms with Crippen LogP contribution in [0.15, 0.2) is 48.6 Å². The predicted octanol–water partition coefficient (Wildman–Crippen LogP) is 3.32. The molecule has 0 bridgehead atoms. The van der Waals surface area contributed by atoms with Gasteiger partial charge in [0.2, 0.25) is 25.4 Å². The average Bonchev–Trinajstić information content (AvgIpc) is 3.50.